The average molecular weight is 245 g/mol. The van der Waals surface area contributed by atoms with Crippen LogP contribution in [-0.2, 0) is 11.2 Å². The highest BCUT2D eigenvalue weighted by Gasteiger charge is 2.19. The molecule has 1 aromatic rings. The number of carboxylic acid groups (broad SMARTS) is 1. The van der Waals surface area contributed by atoms with E-state index in [2.05, 4.69) is 10.4 Å². The number of rotatable bonds is 5. The Morgan fingerprint density at radius 2 is 2.22 bits per heavy atom. The van der Waals surface area contributed by atoms with Crippen molar-refractivity contribution >= 4 is 12.2 Å². The van der Waals surface area contributed by atoms with E-state index in [0.29, 0.717) is 13.0 Å². The molecule has 18 heavy (non-hydrogen) atoms. The number of carbonyl (C=O) groups is 1. The monoisotopic (exact) mass is 245 g/mol. The van der Waals surface area contributed by atoms with Crippen molar-refractivity contribution < 1.29 is 9.90 Å². The first-order valence-corrected chi connectivity index (χ1v) is 5.73. The molecule has 94 valence electrons. The molecule has 5 nitrogen and oxygen atoms in total. The van der Waals surface area contributed by atoms with E-state index in [1.807, 2.05) is 30.3 Å². The van der Waals surface area contributed by atoms with Crippen LogP contribution in [0.25, 0.3) is 0 Å². The number of hydrazine groups is 1. The van der Waals surface area contributed by atoms with Gasteiger partial charge < -0.3 is 10.1 Å². The molecule has 0 aromatic heterocycles. The Labute approximate surface area is 105 Å². The molecule has 5 heteroatoms. The third-order valence-corrected chi connectivity index (χ3v) is 2.62. The Morgan fingerprint density at radius 3 is 2.83 bits per heavy atom. The molecule has 0 amide bonds. The fourth-order valence-corrected chi connectivity index (χ4v) is 1.71. The zero-order valence-electron chi connectivity index (χ0n) is 9.86. The van der Waals surface area contributed by atoms with Gasteiger partial charge in [-0.2, -0.15) is 0 Å². The van der Waals surface area contributed by atoms with E-state index in [-0.39, 0.29) is 0 Å². The molecule has 2 rings (SSSR count). The second-order valence-electron chi connectivity index (χ2n) is 3.99. The van der Waals surface area contributed by atoms with Gasteiger partial charge in [0.1, 0.15) is 6.04 Å². The third kappa shape index (κ3) is 3.43. The summed E-state index contributed by atoms with van der Waals surface area (Å²) >= 11 is 0. The summed E-state index contributed by atoms with van der Waals surface area (Å²) in [6.07, 6.45) is 5.50. The largest absolute Gasteiger partial charge is 0.480 e. The minimum atomic E-state index is -0.866. The van der Waals surface area contributed by atoms with Crippen LogP contribution >= 0.6 is 0 Å². The number of aliphatic imine (C=N–C) groups is 1. The normalized spacial score (nSPS) is 15.7. The maximum absolute atomic E-state index is 11.2. The molecule has 0 spiro atoms. The molecule has 1 heterocycles. The van der Waals surface area contributed by atoms with Crippen LogP contribution in [-0.4, -0.2) is 34.9 Å². The lowest BCUT2D eigenvalue weighted by Crippen LogP contribution is -2.48. The summed E-state index contributed by atoms with van der Waals surface area (Å²) in [6.45, 7) is 0.565. The van der Waals surface area contributed by atoms with E-state index < -0.39 is 12.0 Å². The van der Waals surface area contributed by atoms with Crippen LogP contribution in [0.4, 0.5) is 0 Å². The van der Waals surface area contributed by atoms with Gasteiger partial charge in [-0.1, -0.05) is 30.3 Å². The Kier molecular flexibility index (Phi) is 4.09. The molecule has 0 bridgehead atoms. The number of hydrogen-bond acceptors (Lipinski definition) is 4. The van der Waals surface area contributed by atoms with Gasteiger partial charge in [0.25, 0.3) is 0 Å². The lowest BCUT2D eigenvalue weighted by molar-refractivity contribution is -0.140. The molecule has 1 aliphatic heterocycles. The third-order valence-electron chi connectivity index (χ3n) is 2.62. The molecule has 0 radical (unpaired) electrons. The number of carboxylic acids is 1. The summed E-state index contributed by atoms with van der Waals surface area (Å²) < 4.78 is 0. The van der Waals surface area contributed by atoms with Gasteiger partial charge in [-0.3, -0.25) is 9.79 Å². The number of hydrogen-bond donors (Lipinski definition) is 2. The van der Waals surface area contributed by atoms with E-state index >= 15 is 0 Å². The lowest BCUT2D eigenvalue weighted by atomic mass is 10.1. The van der Waals surface area contributed by atoms with E-state index in [1.54, 1.807) is 23.6 Å². The van der Waals surface area contributed by atoms with Crippen LogP contribution in [0.1, 0.15) is 5.56 Å². The quantitative estimate of drug-likeness (QED) is 0.813. The molecule has 0 saturated heterocycles. The van der Waals surface area contributed by atoms with Crippen molar-refractivity contribution in [2.45, 2.75) is 12.5 Å². The molecular formula is C13H15N3O2. The summed E-state index contributed by atoms with van der Waals surface area (Å²) in [5, 5.41) is 10.9. The molecule has 1 aliphatic rings. The summed E-state index contributed by atoms with van der Waals surface area (Å²) in [4.78, 5) is 15.2. The summed E-state index contributed by atoms with van der Waals surface area (Å²) in [5.74, 6) is -0.866. The highest BCUT2D eigenvalue weighted by Crippen LogP contribution is 2.04. The van der Waals surface area contributed by atoms with E-state index in [9.17, 15) is 9.90 Å². The average Bonchev–Trinajstić information content (AvgIpc) is 2.40. The summed E-state index contributed by atoms with van der Waals surface area (Å²) in [5.41, 5.74) is 3.95. The number of nitrogens with one attached hydrogen (secondary N) is 1. The minimum Gasteiger partial charge on any atom is -0.480 e. The SMILES string of the molecule is O=C(O)[C@H](Cc1ccccc1)NN1C=CN=CC1. The number of nitrogens with zero attached hydrogens (tertiary/aromatic N) is 2. The highest BCUT2D eigenvalue weighted by atomic mass is 16.4. The van der Waals surface area contributed by atoms with E-state index in [1.165, 1.54) is 0 Å². The maximum Gasteiger partial charge on any atom is 0.322 e. The summed E-state index contributed by atoms with van der Waals surface area (Å²) in [7, 11) is 0. The summed E-state index contributed by atoms with van der Waals surface area (Å²) in [6, 6.07) is 8.92. The Morgan fingerprint density at radius 1 is 1.44 bits per heavy atom. The van der Waals surface area contributed by atoms with Gasteiger partial charge in [0.15, 0.2) is 0 Å². The molecule has 1 aromatic carbocycles. The van der Waals surface area contributed by atoms with Crippen LogP contribution in [0.3, 0.4) is 0 Å². The fraction of sp³-hybridized carbons (Fsp3) is 0.231. The first-order valence-electron chi connectivity index (χ1n) is 5.73. The van der Waals surface area contributed by atoms with Gasteiger partial charge >= 0.3 is 5.97 Å². The van der Waals surface area contributed by atoms with Crippen molar-refractivity contribution in [3.8, 4) is 0 Å². The molecular weight excluding hydrogens is 230 g/mol. The van der Waals surface area contributed by atoms with Crippen LogP contribution in [0, 0.1) is 0 Å². The van der Waals surface area contributed by atoms with Gasteiger partial charge in [-0.25, -0.2) is 5.43 Å². The van der Waals surface area contributed by atoms with Gasteiger partial charge in [0.05, 0.1) is 6.54 Å². The molecule has 0 saturated carbocycles. The fourth-order valence-electron chi connectivity index (χ4n) is 1.71. The molecule has 1 atom stereocenters. The second kappa shape index (κ2) is 5.97. The molecule has 0 unspecified atom stereocenters. The van der Waals surface area contributed by atoms with Crippen molar-refractivity contribution in [1.82, 2.24) is 10.4 Å². The maximum atomic E-state index is 11.2. The van der Waals surface area contributed by atoms with Crippen LogP contribution in [0.5, 0.6) is 0 Å². The minimum absolute atomic E-state index is 0.442. The first-order chi connectivity index (χ1) is 8.75. The van der Waals surface area contributed by atoms with Gasteiger partial charge in [-0.15, -0.1) is 0 Å². The predicted molar refractivity (Wildman–Crippen MR) is 69.0 cm³/mol. The van der Waals surface area contributed by atoms with Crippen molar-refractivity contribution in [3.63, 3.8) is 0 Å². The zero-order chi connectivity index (χ0) is 12.8. The van der Waals surface area contributed by atoms with E-state index in [0.717, 1.165) is 5.56 Å². The molecule has 0 fully saturated rings. The Hall–Kier alpha value is -2.14. The molecule has 2 N–H and O–H groups in total. The number of benzene rings is 1. The molecule has 0 aliphatic carbocycles. The van der Waals surface area contributed by atoms with Gasteiger partial charge in [0.2, 0.25) is 0 Å². The van der Waals surface area contributed by atoms with Gasteiger partial charge in [-0.05, 0) is 5.56 Å². The lowest BCUT2D eigenvalue weighted by Gasteiger charge is -2.25. The van der Waals surface area contributed by atoms with Crippen LogP contribution < -0.4 is 5.43 Å². The topological polar surface area (TPSA) is 64.9 Å². The van der Waals surface area contributed by atoms with Gasteiger partial charge in [0, 0.05) is 25.0 Å². The van der Waals surface area contributed by atoms with Crippen molar-refractivity contribution in [1.29, 1.82) is 0 Å². The highest BCUT2D eigenvalue weighted by molar-refractivity contribution is 5.74. The van der Waals surface area contributed by atoms with Crippen molar-refractivity contribution in [3.05, 3.63) is 48.3 Å². The predicted octanol–water partition coefficient (Wildman–Crippen LogP) is 1.04. The van der Waals surface area contributed by atoms with Crippen molar-refractivity contribution in [2.75, 3.05) is 6.54 Å². The van der Waals surface area contributed by atoms with Crippen molar-refractivity contribution in [2.24, 2.45) is 4.99 Å². The standard InChI is InChI=1S/C13H15N3O2/c17-13(18)12(10-11-4-2-1-3-5-11)15-16-8-6-14-7-9-16/h1-8,12,15H,9-10H2,(H,17,18)/t12-/m0/s1. The Bertz CT molecular complexity index is 457. The first kappa shape index (κ1) is 12.3. The van der Waals surface area contributed by atoms with E-state index in [4.69, 9.17) is 0 Å². The second-order valence-corrected chi connectivity index (χ2v) is 3.99. The Balaban J connectivity index is 1.98. The smallest absolute Gasteiger partial charge is 0.322 e. The van der Waals surface area contributed by atoms with Crippen LogP contribution in [0.15, 0.2) is 47.7 Å². The van der Waals surface area contributed by atoms with Crippen LogP contribution in [0.2, 0.25) is 0 Å². The zero-order valence-corrected chi connectivity index (χ0v) is 9.86. The number of aliphatic carboxylic acids is 1.